The minimum atomic E-state index is 0.115. The molecule has 2 nitrogen and oxygen atoms in total. The fraction of sp³-hybridized carbons (Fsp3) is 0.600. The molecule has 0 heterocycles. The van der Waals surface area contributed by atoms with Crippen LogP contribution in [0, 0.1) is 13.8 Å². The van der Waals surface area contributed by atoms with Gasteiger partial charge in [-0.3, -0.25) is 0 Å². The van der Waals surface area contributed by atoms with E-state index < -0.39 is 0 Å². The summed E-state index contributed by atoms with van der Waals surface area (Å²) < 4.78 is 5.91. The molecule has 0 aliphatic rings. The Morgan fingerprint density at radius 3 is 2.17 bits per heavy atom. The maximum absolute atomic E-state index is 6.14. The van der Waals surface area contributed by atoms with Crippen LogP contribution in [0.2, 0.25) is 5.02 Å². The lowest BCUT2D eigenvalue weighted by atomic mass is 10.1. The van der Waals surface area contributed by atoms with Gasteiger partial charge >= 0.3 is 0 Å². The Hall–Kier alpha value is -0.730. The van der Waals surface area contributed by atoms with Gasteiger partial charge in [-0.2, -0.15) is 0 Å². The lowest BCUT2D eigenvalue weighted by Crippen LogP contribution is -2.41. The number of halogens is 1. The second-order valence-electron chi connectivity index (χ2n) is 5.93. The topological polar surface area (TPSA) is 21.3 Å². The Labute approximate surface area is 116 Å². The van der Waals surface area contributed by atoms with E-state index in [2.05, 4.69) is 33.0 Å². The fourth-order valence-corrected chi connectivity index (χ4v) is 1.81. The molecule has 1 aromatic carbocycles. The van der Waals surface area contributed by atoms with Gasteiger partial charge in [-0.25, -0.2) is 0 Å². The van der Waals surface area contributed by atoms with E-state index in [1.54, 1.807) is 0 Å². The molecular weight excluding hydrogens is 246 g/mol. The third kappa shape index (κ3) is 4.87. The van der Waals surface area contributed by atoms with Crippen LogP contribution in [-0.2, 0) is 0 Å². The molecule has 0 aliphatic heterocycles. The van der Waals surface area contributed by atoms with Crippen LogP contribution in [-0.4, -0.2) is 18.2 Å². The van der Waals surface area contributed by atoms with Crippen LogP contribution >= 0.6 is 11.6 Å². The molecule has 102 valence electrons. The molecule has 1 aromatic rings. The first kappa shape index (κ1) is 15.3. The van der Waals surface area contributed by atoms with Gasteiger partial charge in [0.15, 0.2) is 0 Å². The second-order valence-corrected chi connectivity index (χ2v) is 6.31. The monoisotopic (exact) mass is 269 g/mol. The molecule has 0 saturated carbocycles. The highest BCUT2D eigenvalue weighted by Crippen LogP contribution is 2.26. The van der Waals surface area contributed by atoms with E-state index in [0.29, 0.717) is 0 Å². The number of benzene rings is 1. The van der Waals surface area contributed by atoms with Gasteiger partial charge in [0.25, 0.3) is 0 Å². The van der Waals surface area contributed by atoms with Crippen LogP contribution in [0.4, 0.5) is 0 Å². The van der Waals surface area contributed by atoms with Gasteiger partial charge in [0.1, 0.15) is 11.9 Å². The molecule has 1 rings (SSSR count). The molecule has 0 amide bonds. The molecule has 0 aliphatic carbocycles. The maximum Gasteiger partial charge on any atom is 0.120 e. The third-order valence-electron chi connectivity index (χ3n) is 2.67. The first-order valence-electron chi connectivity index (χ1n) is 6.37. The molecule has 0 saturated heterocycles. The molecule has 18 heavy (non-hydrogen) atoms. The summed E-state index contributed by atoms with van der Waals surface area (Å²) in [6.07, 6.45) is 0.129. The lowest BCUT2D eigenvalue weighted by molar-refractivity contribution is 0.203. The van der Waals surface area contributed by atoms with Gasteiger partial charge in [-0.15, -0.1) is 0 Å². The Morgan fingerprint density at radius 2 is 1.72 bits per heavy atom. The van der Waals surface area contributed by atoms with Crippen LogP contribution in [0.3, 0.4) is 0 Å². The predicted molar refractivity (Wildman–Crippen MR) is 78.8 cm³/mol. The van der Waals surface area contributed by atoms with Crippen LogP contribution in [0.15, 0.2) is 12.1 Å². The van der Waals surface area contributed by atoms with Gasteiger partial charge in [0.05, 0.1) is 0 Å². The smallest absolute Gasteiger partial charge is 0.120 e. The molecule has 1 unspecified atom stereocenters. The van der Waals surface area contributed by atoms with E-state index >= 15 is 0 Å². The normalized spacial score (nSPS) is 13.5. The van der Waals surface area contributed by atoms with E-state index in [-0.39, 0.29) is 11.6 Å². The fourth-order valence-electron chi connectivity index (χ4n) is 1.70. The second kappa shape index (κ2) is 5.94. The average molecular weight is 270 g/mol. The van der Waals surface area contributed by atoms with E-state index in [0.717, 1.165) is 28.4 Å². The van der Waals surface area contributed by atoms with Crippen LogP contribution < -0.4 is 10.1 Å². The molecular formula is C15H24ClNO. The Balaban J connectivity index is 2.62. The van der Waals surface area contributed by atoms with E-state index in [4.69, 9.17) is 16.3 Å². The zero-order chi connectivity index (χ0) is 13.9. The zero-order valence-corrected chi connectivity index (χ0v) is 13.0. The van der Waals surface area contributed by atoms with Gasteiger partial charge in [0.2, 0.25) is 0 Å². The Kier molecular flexibility index (Phi) is 5.06. The first-order chi connectivity index (χ1) is 8.19. The van der Waals surface area contributed by atoms with Crippen molar-refractivity contribution in [2.24, 2.45) is 0 Å². The van der Waals surface area contributed by atoms with E-state index in [1.165, 1.54) is 0 Å². The Morgan fingerprint density at radius 1 is 1.22 bits per heavy atom. The third-order valence-corrected chi connectivity index (χ3v) is 3.26. The van der Waals surface area contributed by atoms with Gasteiger partial charge in [-0.1, -0.05) is 11.6 Å². The van der Waals surface area contributed by atoms with Crippen molar-refractivity contribution in [1.29, 1.82) is 0 Å². The molecule has 1 N–H and O–H groups in total. The SMILES string of the molecule is Cc1cc(OC(C)CNC(C)(C)C)cc(C)c1Cl. The van der Waals surface area contributed by atoms with Crippen LogP contribution in [0.1, 0.15) is 38.8 Å². The van der Waals surface area contributed by atoms with Gasteiger partial charge < -0.3 is 10.1 Å². The van der Waals surface area contributed by atoms with Crippen LogP contribution in [0.5, 0.6) is 5.75 Å². The van der Waals surface area contributed by atoms with Crippen molar-refractivity contribution < 1.29 is 4.74 Å². The van der Waals surface area contributed by atoms with Crippen molar-refractivity contribution in [2.75, 3.05) is 6.54 Å². The van der Waals surface area contributed by atoms with Crippen molar-refractivity contribution in [3.05, 3.63) is 28.3 Å². The molecule has 1 atom stereocenters. The number of aryl methyl sites for hydroxylation is 2. The number of hydrogen-bond acceptors (Lipinski definition) is 2. The van der Waals surface area contributed by atoms with Crippen molar-refractivity contribution in [1.82, 2.24) is 5.32 Å². The quantitative estimate of drug-likeness (QED) is 0.888. The highest BCUT2D eigenvalue weighted by atomic mass is 35.5. The van der Waals surface area contributed by atoms with Crippen LogP contribution in [0.25, 0.3) is 0 Å². The largest absolute Gasteiger partial charge is 0.489 e. The number of rotatable bonds is 4. The molecule has 0 radical (unpaired) electrons. The molecule has 0 spiro atoms. The summed E-state index contributed by atoms with van der Waals surface area (Å²) in [6.45, 7) is 13.3. The van der Waals surface area contributed by atoms with Crippen molar-refractivity contribution in [2.45, 2.75) is 53.2 Å². The lowest BCUT2D eigenvalue weighted by Gasteiger charge is -2.24. The predicted octanol–water partition coefficient (Wildman–Crippen LogP) is 4.11. The molecule has 0 aromatic heterocycles. The summed E-state index contributed by atoms with van der Waals surface area (Å²) in [5.74, 6) is 0.887. The average Bonchev–Trinajstić information content (AvgIpc) is 2.22. The van der Waals surface area contributed by atoms with Crippen molar-refractivity contribution in [3.63, 3.8) is 0 Å². The highest BCUT2D eigenvalue weighted by molar-refractivity contribution is 6.32. The summed E-state index contributed by atoms with van der Waals surface area (Å²) in [4.78, 5) is 0. The summed E-state index contributed by atoms with van der Waals surface area (Å²) >= 11 is 6.14. The van der Waals surface area contributed by atoms with Crippen molar-refractivity contribution >= 4 is 11.6 Å². The van der Waals surface area contributed by atoms with Crippen molar-refractivity contribution in [3.8, 4) is 5.75 Å². The molecule has 3 heteroatoms. The first-order valence-corrected chi connectivity index (χ1v) is 6.75. The van der Waals surface area contributed by atoms with Gasteiger partial charge in [0, 0.05) is 17.1 Å². The van der Waals surface area contributed by atoms with Gasteiger partial charge in [-0.05, 0) is 64.8 Å². The number of nitrogens with one attached hydrogen (secondary N) is 1. The summed E-state index contributed by atoms with van der Waals surface area (Å²) in [5, 5.41) is 4.25. The molecule has 0 bridgehead atoms. The maximum atomic E-state index is 6.14. The Bertz CT molecular complexity index is 386. The summed E-state index contributed by atoms with van der Waals surface area (Å²) in [5.41, 5.74) is 2.23. The standard InChI is InChI=1S/C15H24ClNO/c1-10-7-13(8-11(2)14(10)16)18-12(3)9-17-15(4,5)6/h7-8,12,17H,9H2,1-6H3. The summed E-state index contributed by atoms with van der Waals surface area (Å²) in [7, 11) is 0. The summed E-state index contributed by atoms with van der Waals surface area (Å²) in [6, 6.07) is 3.98. The number of hydrogen-bond donors (Lipinski definition) is 1. The minimum Gasteiger partial charge on any atom is -0.489 e. The number of ether oxygens (including phenoxy) is 1. The molecule has 0 fully saturated rings. The van der Waals surface area contributed by atoms with E-state index in [1.807, 2.05) is 26.0 Å². The minimum absolute atomic E-state index is 0.115. The van der Waals surface area contributed by atoms with E-state index in [9.17, 15) is 0 Å². The zero-order valence-electron chi connectivity index (χ0n) is 12.2. The highest BCUT2D eigenvalue weighted by Gasteiger charge is 2.12.